The maximum absolute atomic E-state index is 5.10. The maximum Gasteiger partial charge on any atom is 0.213 e. The molecule has 0 fully saturated rings. The van der Waals surface area contributed by atoms with E-state index in [0.717, 1.165) is 5.69 Å². The Morgan fingerprint density at radius 3 is 2.81 bits per heavy atom. The van der Waals surface area contributed by atoms with Crippen LogP contribution in [0.1, 0.15) is 5.82 Å². The van der Waals surface area contributed by atoms with E-state index in [4.69, 9.17) is 12.2 Å². The summed E-state index contributed by atoms with van der Waals surface area (Å²) in [5.74, 6) is 0.567. The molecule has 0 atom stereocenters. The number of para-hydroxylation sites is 1. The molecule has 0 amide bonds. The Kier molecular flexibility index (Phi) is 3.45. The lowest BCUT2D eigenvalue weighted by Crippen LogP contribution is -2.28. The van der Waals surface area contributed by atoms with E-state index in [9.17, 15) is 0 Å². The van der Waals surface area contributed by atoms with Crippen molar-refractivity contribution in [3.05, 3.63) is 42.5 Å². The summed E-state index contributed by atoms with van der Waals surface area (Å²) < 4.78 is 4.60. The van der Waals surface area contributed by atoms with E-state index in [1.807, 2.05) is 30.3 Å². The van der Waals surface area contributed by atoms with Crippen LogP contribution >= 0.6 is 12.2 Å². The predicted molar refractivity (Wildman–Crippen MR) is 63.8 cm³/mol. The first-order chi connectivity index (χ1) is 7.84. The molecule has 2 aromatic rings. The molecule has 6 heteroatoms. The lowest BCUT2D eigenvalue weighted by Gasteiger charge is -2.08. The summed E-state index contributed by atoms with van der Waals surface area (Å²) in [6.45, 7) is 0.440. The molecular formula is C10H10N4OS. The Labute approximate surface area is 97.9 Å². The van der Waals surface area contributed by atoms with Crippen molar-refractivity contribution in [3.63, 3.8) is 0 Å². The molecule has 0 radical (unpaired) electrons. The van der Waals surface area contributed by atoms with Gasteiger partial charge in [-0.3, -0.25) is 0 Å². The summed E-state index contributed by atoms with van der Waals surface area (Å²) in [5.41, 5.74) is 0.938. The number of rotatable bonds is 3. The van der Waals surface area contributed by atoms with Crippen LogP contribution in [0.25, 0.3) is 0 Å². The van der Waals surface area contributed by atoms with Crippen molar-refractivity contribution in [1.82, 2.24) is 15.5 Å². The number of hydrogen-bond donors (Lipinski definition) is 2. The molecule has 0 saturated carbocycles. The highest BCUT2D eigenvalue weighted by Crippen LogP contribution is 2.04. The molecular weight excluding hydrogens is 224 g/mol. The molecule has 1 aromatic heterocycles. The average molecular weight is 234 g/mol. The molecule has 2 rings (SSSR count). The first-order valence-corrected chi connectivity index (χ1v) is 5.10. The molecule has 0 unspecified atom stereocenters. The number of aromatic nitrogens is 2. The van der Waals surface area contributed by atoms with Crippen LogP contribution in [-0.2, 0) is 6.54 Å². The molecule has 2 N–H and O–H groups in total. The van der Waals surface area contributed by atoms with Gasteiger partial charge >= 0.3 is 0 Å². The number of nitrogens with one attached hydrogen (secondary N) is 2. The quantitative estimate of drug-likeness (QED) is 0.786. The van der Waals surface area contributed by atoms with Crippen molar-refractivity contribution in [2.24, 2.45) is 0 Å². The number of anilines is 1. The highest BCUT2D eigenvalue weighted by atomic mass is 32.1. The van der Waals surface area contributed by atoms with Crippen LogP contribution in [0.2, 0.25) is 0 Å². The molecule has 0 aliphatic rings. The second kappa shape index (κ2) is 5.22. The van der Waals surface area contributed by atoms with Gasteiger partial charge in [-0.25, -0.2) is 0 Å². The number of thiocarbonyl (C=S) groups is 1. The summed E-state index contributed by atoms with van der Waals surface area (Å²) in [4.78, 5) is 3.87. The second-order valence-corrected chi connectivity index (χ2v) is 3.43. The van der Waals surface area contributed by atoms with Gasteiger partial charge in [-0.15, -0.1) is 0 Å². The van der Waals surface area contributed by atoms with E-state index >= 15 is 0 Å². The summed E-state index contributed by atoms with van der Waals surface area (Å²) in [6.07, 6.45) is 1.28. The molecule has 0 aliphatic heterocycles. The van der Waals surface area contributed by atoms with Crippen LogP contribution in [-0.4, -0.2) is 15.3 Å². The monoisotopic (exact) mass is 234 g/mol. The highest BCUT2D eigenvalue weighted by molar-refractivity contribution is 7.80. The van der Waals surface area contributed by atoms with Crippen molar-refractivity contribution in [1.29, 1.82) is 0 Å². The Morgan fingerprint density at radius 1 is 1.31 bits per heavy atom. The molecule has 1 heterocycles. The fourth-order valence-corrected chi connectivity index (χ4v) is 1.32. The van der Waals surface area contributed by atoms with Crippen molar-refractivity contribution >= 4 is 23.0 Å². The summed E-state index contributed by atoms with van der Waals surface area (Å²) >= 11 is 5.10. The van der Waals surface area contributed by atoms with Gasteiger partial charge in [0, 0.05) is 5.69 Å². The fraction of sp³-hybridized carbons (Fsp3) is 0.100. The maximum atomic E-state index is 5.10. The van der Waals surface area contributed by atoms with Crippen LogP contribution in [0.3, 0.4) is 0 Å². The summed E-state index contributed by atoms with van der Waals surface area (Å²) in [7, 11) is 0. The first kappa shape index (κ1) is 10.6. The zero-order valence-corrected chi connectivity index (χ0v) is 9.20. The topological polar surface area (TPSA) is 63.0 Å². The smallest absolute Gasteiger partial charge is 0.213 e. The molecule has 16 heavy (non-hydrogen) atoms. The van der Waals surface area contributed by atoms with Gasteiger partial charge in [-0.1, -0.05) is 23.4 Å². The second-order valence-electron chi connectivity index (χ2n) is 3.02. The van der Waals surface area contributed by atoms with Gasteiger partial charge in [-0.2, -0.15) is 4.98 Å². The Hall–Kier alpha value is -1.95. The Balaban J connectivity index is 1.81. The highest BCUT2D eigenvalue weighted by Gasteiger charge is 2.00. The first-order valence-electron chi connectivity index (χ1n) is 4.70. The van der Waals surface area contributed by atoms with Crippen molar-refractivity contribution in [2.45, 2.75) is 6.54 Å². The number of hydrogen-bond acceptors (Lipinski definition) is 4. The Morgan fingerprint density at radius 2 is 2.12 bits per heavy atom. The van der Waals surface area contributed by atoms with Crippen molar-refractivity contribution in [3.8, 4) is 0 Å². The van der Waals surface area contributed by atoms with E-state index in [1.54, 1.807) is 0 Å². The normalized spacial score (nSPS) is 9.75. The third kappa shape index (κ3) is 3.03. The van der Waals surface area contributed by atoms with Crippen LogP contribution in [0.5, 0.6) is 0 Å². The van der Waals surface area contributed by atoms with Gasteiger partial charge in [0.25, 0.3) is 0 Å². The SMILES string of the molecule is S=C(NCc1ncon1)Nc1ccccc1. The molecule has 0 bridgehead atoms. The van der Waals surface area contributed by atoms with Crippen LogP contribution in [0.4, 0.5) is 5.69 Å². The summed E-state index contributed by atoms with van der Waals surface area (Å²) in [6, 6.07) is 9.68. The van der Waals surface area contributed by atoms with E-state index in [2.05, 4.69) is 25.3 Å². The molecule has 82 valence electrons. The summed E-state index contributed by atoms with van der Waals surface area (Å²) in [5, 5.41) is 10.2. The van der Waals surface area contributed by atoms with Crippen LogP contribution in [0, 0.1) is 0 Å². The zero-order chi connectivity index (χ0) is 11.2. The molecule has 0 spiro atoms. The average Bonchev–Trinajstić information content (AvgIpc) is 2.81. The van der Waals surface area contributed by atoms with Gasteiger partial charge in [-0.05, 0) is 24.4 Å². The van der Waals surface area contributed by atoms with Gasteiger partial charge in [0.2, 0.25) is 6.39 Å². The van der Waals surface area contributed by atoms with E-state index in [-0.39, 0.29) is 0 Å². The molecule has 1 aromatic carbocycles. The van der Waals surface area contributed by atoms with Gasteiger partial charge < -0.3 is 15.2 Å². The molecule has 0 saturated heterocycles. The lowest BCUT2D eigenvalue weighted by molar-refractivity contribution is 0.409. The Bertz CT molecular complexity index is 443. The molecule has 5 nitrogen and oxygen atoms in total. The van der Waals surface area contributed by atoms with Crippen LogP contribution in [0.15, 0.2) is 41.2 Å². The number of benzene rings is 1. The minimum absolute atomic E-state index is 0.440. The minimum Gasteiger partial charge on any atom is -0.355 e. The van der Waals surface area contributed by atoms with Gasteiger partial charge in [0.1, 0.15) is 0 Å². The zero-order valence-electron chi connectivity index (χ0n) is 8.38. The van der Waals surface area contributed by atoms with Crippen molar-refractivity contribution in [2.75, 3.05) is 5.32 Å². The largest absolute Gasteiger partial charge is 0.355 e. The van der Waals surface area contributed by atoms with Crippen molar-refractivity contribution < 1.29 is 4.52 Å². The lowest BCUT2D eigenvalue weighted by atomic mass is 10.3. The fourth-order valence-electron chi connectivity index (χ4n) is 1.13. The minimum atomic E-state index is 0.440. The third-order valence-corrected chi connectivity index (χ3v) is 2.09. The van der Waals surface area contributed by atoms with E-state index in [1.165, 1.54) is 6.39 Å². The van der Waals surface area contributed by atoms with E-state index in [0.29, 0.717) is 17.5 Å². The van der Waals surface area contributed by atoms with Gasteiger partial charge in [0.15, 0.2) is 10.9 Å². The van der Waals surface area contributed by atoms with Gasteiger partial charge in [0.05, 0.1) is 6.54 Å². The van der Waals surface area contributed by atoms with E-state index < -0.39 is 0 Å². The molecule has 0 aliphatic carbocycles. The third-order valence-electron chi connectivity index (χ3n) is 1.85. The predicted octanol–water partition coefficient (Wildman–Crippen LogP) is 1.56. The van der Waals surface area contributed by atoms with Crippen LogP contribution < -0.4 is 10.6 Å². The standard InChI is InChI=1S/C10H10N4OS/c16-10(11-6-9-12-7-15-14-9)13-8-4-2-1-3-5-8/h1-5,7H,6H2,(H2,11,13,16). The number of nitrogens with zero attached hydrogens (tertiary/aromatic N) is 2.